The Labute approximate surface area is 246 Å². The Morgan fingerprint density at radius 3 is 2.32 bits per heavy atom. The van der Waals surface area contributed by atoms with Crippen LogP contribution in [-0.2, 0) is 32.6 Å². The molecule has 0 aromatic heterocycles. The van der Waals surface area contributed by atoms with Gasteiger partial charge in [0, 0.05) is 37.0 Å². The summed E-state index contributed by atoms with van der Waals surface area (Å²) >= 11 is 6.46. The van der Waals surface area contributed by atoms with Crippen molar-refractivity contribution >= 4 is 39.3 Å². The summed E-state index contributed by atoms with van der Waals surface area (Å²) in [6.07, 6.45) is 1.04. The van der Waals surface area contributed by atoms with Crippen LogP contribution in [0.25, 0.3) is 0 Å². The SMILES string of the molecule is CC[C@@H](C)NC(=O)[C@H](Cc1ccccc1)N(Cc1ccccc1Cl)C(=O)CCCN1C(=O)c2ccccc2S1(=O)=O. The quantitative estimate of drug-likeness (QED) is 0.323. The zero-order chi connectivity index (χ0) is 29.6. The van der Waals surface area contributed by atoms with Crippen molar-refractivity contribution in [2.24, 2.45) is 0 Å². The molecule has 4 rings (SSSR count). The van der Waals surface area contributed by atoms with Crippen LogP contribution in [0, 0.1) is 0 Å². The highest BCUT2D eigenvalue weighted by molar-refractivity contribution is 7.90. The van der Waals surface area contributed by atoms with Crippen LogP contribution < -0.4 is 5.32 Å². The van der Waals surface area contributed by atoms with E-state index in [0.29, 0.717) is 10.6 Å². The number of halogens is 1. The second kappa shape index (κ2) is 13.3. The van der Waals surface area contributed by atoms with Gasteiger partial charge in [-0.3, -0.25) is 14.4 Å². The van der Waals surface area contributed by atoms with E-state index in [0.717, 1.165) is 16.3 Å². The first-order chi connectivity index (χ1) is 19.6. The van der Waals surface area contributed by atoms with Gasteiger partial charge in [-0.1, -0.05) is 79.2 Å². The molecule has 1 aliphatic rings. The number of amides is 3. The lowest BCUT2D eigenvalue weighted by Gasteiger charge is -2.32. The van der Waals surface area contributed by atoms with Crippen LogP contribution in [0.3, 0.4) is 0 Å². The second-order valence-electron chi connectivity index (χ2n) is 10.1. The van der Waals surface area contributed by atoms with E-state index >= 15 is 0 Å². The minimum Gasteiger partial charge on any atom is -0.352 e. The fourth-order valence-electron chi connectivity index (χ4n) is 4.77. The van der Waals surface area contributed by atoms with Gasteiger partial charge in [-0.15, -0.1) is 0 Å². The van der Waals surface area contributed by atoms with Gasteiger partial charge in [-0.2, -0.15) is 0 Å². The number of benzene rings is 3. The zero-order valence-corrected chi connectivity index (χ0v) is 24.7. The molecule has 0 aliphatic carbocycles. The predicted molar refractivity (Wildman–Crippen MR) is 158 cm³/mol. The van der Waals surface area contributed by atoms with Gasteiger partial charge in [0.1, 0.15) is 10.9 Å². The van der Waals surface area contributed by atoms with Crippen molar-refractivity contribution in [3.05, 3.63) is 101 Å². The Kier molecular flexibility index (Phi) is 9.83. The summed E-state index contributed by atoms with van der Waals surface area (Å²) in [4.78, 5) is 41.7. The molecule has 3 aromatic carbocycles. The molecule has 0 unspecified atom stereocenters. The second-order valence-corrected chi connectivity index (χ2v) is 12.4. The number of carbonyl (C=O) groups excluding carboxylic acids is 3. The molecule has 1 aliphatic heterocycles. The molecule has 2 atom stereocenters. The van der Waals surface area contributed by atoms with Crippen molar-refractivity contribution < 1.29 is 22.8 Å². The number of hydrogen-bond acceptors (Lipinski definition) is 5. The maximum Gasteiger partial charge on any atom is 0.269 e. The Morgan fingerprint density at radius 2 is 1.63 bits per heavy atom. The van der Waals surface area contributed by atoms with Crippen LogP contribution >= 0.6 is 11.6 Å². The monoisotopic (exact) mass is 595 g/mol. The number of carbonyl (C=O) groups is 3. The summed E-state index contributed by atoms with van der Waals surface area (Å²) < 4.78 is 26.7. The van der Waals surface area contributed by atoms with Gasteiger partial charge in [0.15, 0.2) is 0 Å². The third-order valence-electron chi connectivity index (χ3n) is 7.23. The standard InChI is InChI=1S/C31H34ClN3O5S/c1-3-22(2)33-30(37)27(20-23-12-5-4-6-13-23)34(21-24-14-7-9-16-26(24)32)29(36)18-11-19-35-31(38)25-15-8-10-17-28(25)41(35,39)40/h4-10,12-17,22,27H,3,11,18-21H2,1-2H3,(H,33,37)/t22-,27+/m1/s1. The molecule has 41 heavy (non-hydrogen) atoms. The lowest BCUT2D eigenvalue weighted by atomic mass is 10.0. The summed E-state index contributed by atoms with van der Waals surface area (Å²) in [6.45, 7) is 3.82. The minimum atomic E-state index is -3.98. The molecular weight excluding hydrogens is 562 g/mol. The van der Waals surface area contributed by atoms with Gasteiger partial charge < -0.3 is 10.2 Å². The molecule has 0 saturated carbocycles. The van der Waals surface area contributed by atoms with Crippen LogP contribution in [0.1, 0.15) is 54.6 Å². The van der Waals surface area contributed by atoms with Gasteiger partial charge in [0.05, 0.1) is 5.56 Å². The highest BCUT2D eigenvalue weighted by Gasteiger charge is 2.40. The van der Waals surface area contributed by atoms with Gasteiger partial charge >= 0.3 is 0 Å². The van der Waals surface area contributed by atoms with Crippen molar-refractivity contribution in [2.75, 3.05) is 6.54 Å². The number of sulfonamides is 1. The molecule has 1 N–H and O–H groups in total. The van der Waals surface area contributed by atoms with Crippen molar-refractivity contribution in [3.8, 4) is 0 Å². The van der Waals surface area contributed by atoms with E-state index in [1.165, 1.54) is 17.0 Å². The molecule has 0 spiro atoms. The third kappa shape index (κ3) is 6.97. The first-order valence-corrected chi connectivity index (χ1v) is 15.5. The maximum atomic E-state index is 13.8. The first kappa shape index (κ1) is 30.3. The van der Waals surface area contributed by atoms with Crippen LogP contribution in [0.4, 0.5) is 0 Å². The summed E-state index contributed by atoms with van der Waals surface area (Å²) in [5.74, 6) is -1.22. The molecule has 1 heterocycles. The molecule has 8 nitrogen and oxygen atoms in total. The fraction of sp³-hybridized carbons (Fsp3) is 0.323. The number of hydrogen-bond donors (Lipinski definition) is 1. The Hall–Kier alpha value is -3.69. The lowest BCUT2D eigenvalue weighted by molar-refractivity contribution is -0.141. The normalized spacial score (nSPS) is 15.2. The average molecular weight is 596 g/mol. The maximum absolute atomic E-state index is 13.8. The number of nitrogens with zero attached hydrogens (tertiary/aromatic N) is 2. The van der Waals surface area contributed by atoms with Crippen molar-refractivity contribution in [2.45, 2.75) is 63.1 Å². The third-order valence-corrected chi connectivity index (χ3v) is 9.44. The van der Waals surface area contributed by atoms with Gasteiger partial charge in [-0.05, 0) is 49.1 Å². The van der Waals surface area contributed by atoms with E-state index in [9.17, 15) is 22.8 Å². The van der Waals surface area contributed by atoms with Crippen molar-refractivity contribution in [3.63, 3.8) is 0 Å². The molecule has 10 heteroatoms. The van der Waals surface area contributed by atoms with E-state index in [4.69, 9.17) is 11.6 Å². The van der Waals surface area contributed by atoms with E-state index in [1.807, 2.05) is 56.3 Å². The summed E-state index contributed by atoms with van der Waals surface area (Å²) in [5.41, 5.74) is 1.70. The lowest BCUT2D eigenvalue weighted by Crippen LogP contribution is -2.52. The molecular formula is C31H34ClN3O5S. The number of fused-ring (bicyclic) bond motifs is 1. The van der Waals surface area contributed by atoms with E-state index in [1.54, 1.807) is 24.3 Å². The highest BCUT2D eigenvalue weighted by atomic mass is 35.5. The Morgan fingerprint density at radius 1 is 0.976 bits per heavy atom. The molecule has 0 fully saturated rings. The van der Waals surface area contributed by atoms with Crippen molar-refractivity contribution in [1.29, 1.82) is 0 Å². The first-order valence-electron chi connectivity index (χ1n) is 13.7. The van der Waals surface area contributed by atoms with E-state index < -0.39 is 22.0 Å². The molecule has 0 radical (unpaired) electrons. The molecule has 216 valence electrons. The summed E-state index contributed by atoms with van der Waals surface area (Å²) in [5, 5.41) is 3.49. The topological polar surface area (TPSA) is 104 Å². The Bertz CT molecular complexity index is 1510. The zero-order valence-electron chi connectivity index (χ0n) is 23.1. The Balaban J connectivity index is 1.58. The van der Waals surface area contributed by atoms with Crippen LogP contribution in [0.15, 0.2) is 83.8 Å². The smallest absolute Gasteiger partial charge is 0.269 e. The van der Waals surface area contributed by atoms with E-state index in [-0.39, 0.29) is 60.7 Å². The molecule has 3 aromatic rings. The minimum absolute atomic E-state index is 0.0266. The van der Waals surface area contributed by atoms with Gasteiger partial charge in [-0.25, -0.2) is 12.7 Å². The molecule has 0 bridgehead atoms. The highest BCUT2D eigenvalue weighted by Crippen LogP contribution is 2.30. The van der Waals surface area contributed by atoms with Gasteiger partial charge in [0.2, 0.25) is 11.8 Å². The number of nitrogens with one attached hydrogen (secondary N) is 1. The van der Waals surface area contributed by atoms with Crippen LogP contribution in [0.2, 0.25) is 5.02 Å². The molecule has 0 saturated heterocycles. The number of rotatable bonds is 12. The summed E-state index contributed by atoms with van der Waals surface area (Å²) in [6, 6.07) is 21.7. The molecule has 3 amide bonds. The van der Waals surface area contributed by atoms with Crippen LogP contribution in [0.5, 0.6) is 0 Å². The summed E-state index contributed by atoms with van der Waals surface area (Å²) in [7, 11) is -3.98. The largest absolute Gasteiger partial charge is 0.352 e. The van der Waals surface area contributed by atoms with Crippen molar-refractivity contribution in [1.82, 2.24) is 14.5 Å². The average Bonchev–Trinajstić information content (AvgIpc) is 3.16. The predicted octanol–water partition coefficient (Wildman–Crippen LogP) is 4.82. The van der Waals surface area contributed by atoms with Gasteiger partial charge in [0.25, 0.3) is 15.9 Å². The van der Waals surface area contributed by atoms with E-state index in [2.05, 4.69) is 5.32 Å². The fourth-order valence-corrected chi connectivity index (χ4v) is 6.58. The van der Waals surface area contributed by atoms with Crippen LogP contribution in [-0.4, -0.2) is 54.0 Å².